The van der Waals surface area contributed by atoms with Crippen LogP contribution in [0.4, 0.5) is 0 Å². The molecule has 12 heavy (non-hydrogen) atoms. The molecule has 2 rings (SSSR count). The summed E-state index contributed by atoms with van der Waals surface area (Å²) < 4.78 is 0. The van der Waals surface area contributed by atoms with Crippen molar-refractivity contribution in [3.63, 3.8) is 0 Å². The number of rotatable bonds is 1. The third kappa shape index (κ3) is 1.05. The maximum atomic E-state index is 10.4. The van der Waals surface area contributed by atoms with Crippen LogP contribution in [0.25, 0.3) is 0 Å². The number of allylic oxidation sites excluding steroid dienone is 1. The molecule has 0 saturated carbocycles. The lowest BCUT2D eigenvalue weighted by Gasteiger charge is -2.08. The van der Waals surface area contributed by atoms with Crippen LogP contribution in [0.2, 0.25) is 0 Å². The maximum Gasteiger partial charge on any atom is 0.229 e. The zero-order valence-corrected chi connectivity index (χ0v) is 6.34. The molecule has 0 radical (unpaired) electrons. The van der Waals surface area contributed by atoms with E-state index in [9.17, 15) is 4.79 Å². The van der Waals surface area contributed by atoms with Crippen LogP contribution in [0.1, 0.15) is 0 Å². The quantitative estimate of drug-likeness (QED) is 0.537. The minimum absolute atomic E-state index is 0.523. The van der Waals surface area contributed by atoms with Crippen LogP contribution in [-0.2, 0) is 4.79 Å². The third-order valence-corrected chi connectivity index (χ3v) is 1.63. The Hall–Kier alpha value is -1.78. The molecule has 0 aromatic rings. The van der Waals surface area contributed by atoms with E-state index in [4.69, 9.17) is 0 Å². The molecule has 2 heterocycles. The van der Waals surface area contributed by atoms with Gasteiger partial charge in [-0.3, -0.25) is 15.2 Å². The van der Waals surface area contributed by atoms with Gasteiger partial charge in [-0.15, -0.1) is 0 Å². The summed E-state index contributed by atoms with van der Waals surface area (Å²) in [6.07, 6.45) is 7.78. The van der Waals surface area contributed by atoms with E-state index < -0.39 is 0 Å². The van der Waals surface area contributed by atoms with Gasteiger partial charge in [-0.05, 0) is 6.08 Å². The fourth-order valence-corrected chi connectivity index (χ4v) is 1.08. The van der Waals surface area contributed by atoms with Crippen LogP contribution >= 0.6 is 0 Å². The highest BCUT2D eigenvalue weighted by Crippen LogP contribution is 2.11. The molecule has 1 amide bonds. The van der Waals surface area contributed by atoms with Crippen molar-refractivity contribution in [2.45, 2.75) is 0 Å². The van der Waals surface area contributed by atoms with Crippen molar-refractivity contribution < 1.29 is 4.79 Å². The Morgan fingerprint density at radius 3 is 3.42 bits per heavy atom. The fourth-order valence-electron chi connectivity index (χ4n) is 1.08. The lowest BCUT2D eigenvalue weighted by Crippen LogP contribution is -2.28. The van der Waals surface area contributed by atoms with Crippen molar-refractivity contribution >= 4 is 12.6 Å². The van der Waals surface area contributed by atoms with E-state index in [-0.39, 0.29) is 0 Å². The van der Waals surface area contributed by atoms with Gasteiger partial charge in [-0.1, -0.05) is 0 Å². The number of fused-ring (bicyclic) bond motifs is 1. The molecule has 5 heteroatoms. The first-order valence-electron chi connectivity index (χ1n) is 3.55. The Bertz CT molecular complexity index is 281. The average molecular weight is 164 g/mol. The molecule has 2 aliphatic heterocycles. The molecular formula is C7H8N4O. The largest absolute Gasteiger partial charge is 0.312 e. The Morgan fingerprint density at radius 2 is 2.58 bits per heavy atom. The van der Waals surface area contributed by atoms with Crippen LogP contribution in [-0.4, -0.2) is 29.2 Å². The summed E-state index contributed by atoms with van der Waals surface area (Å²) in [5.41, 5.74) is 2.87. The van der Waals surface area contributed by atoms with Crippen LogP contribution in [0.5, 0.6) is 0 Å². The molecule has 0 aliphatic carbocycles. The second-order valence-electron chi connectivity index (χ2n) is 2.45. The summed E-state index contributed by atoms with van der Waals surface area (Å²) in [5, 5.41) is 1.44. The summed E-state index contributed by atoms with van der Waals surface area (Å²) in [6, 6.07) is 0. The van der Waals surface area contributed by atoms with Gasteiger partial charge in [0.15, 0.2) is 0 Å². The smallest absolute Gasteiger partial charge is 0.229 e. The average Bonchev–Trinajstić information content (AvgIpc) is 2.37. The van der Waals surface area contributed by atoms with Crippen molar-refractivity contribution in [3.8, 4) is 0 Å². The first kappa shape index (κ1) is 6.90. The topological polar surface area (TPSA) is 47.9 Å². The number of carbonyl (C=O) groups is 1. The first-order valence-corrected chi connectivity index (χ1v) is 3.55. The van der Waals surface area contributed by atoms with Crippen molar-refractivity contribution in [2.75, 3.05) is 6.67 Å². The molecule has 0 unspecified atom stereocenters. The zero-order valence-electron chi connectivity index (χ0n) is 6.34. The monoisotopic (exact) mass is 164 g/mol. The molecular weight excluding hydrogens is 156 g/mol. The number of carbonyl (C=O) groups excluding carboxylic acids is 1. The molecule has 1 fully saturated rings. The zero-order chi connectivity index (χ0) is 8.39. The van der Waals surface area contributed by atoms with Gasteiger partial charge in [-0.2, -0.15) is 0 Å². The molecule has 2 aliphatic rings. The highest BCUT2D eigenvalue weighted by atomic mass is 16.1. The predicted molar refractivity (Wildman–Crippen MR) is 43.5 cm³/mol. The van der Waals surface area contributed by atoms with E-state index in [0.717, 1.165) is 12.2 Å². The van der Waals surface area contributed by atoms with Crippen molar-refractivity contribution in [3.05, 3.63) is 24.3 Å². The molecule has 0 atom stereocenters. The minimum Gasteiger partial charge on any atom is -0.312 e. The number of hydrogen-bond donors (Lipinski definition) is 1. The molecule has 0 bridgehead atoms. The predicted octanol–water partition coefficient (Wildman–Crippen LogP) is -0.381. The van der Waals surface area contributed by atoms with Crippen molar-refractivity contribution in [2.24, 2.45) is 4.99 Å². The first-order chi connectivity index (χ1) is 5.90. The van der Waals surface area contributed by atoms with Gasteiger partial charge in [0, 0.05) is 12.4 Å². The van der Waals surface area contributed by atoms with Crippen molar-refractivity contribution in [1.29, 1.82) is 0 Å². The molecule has 62 valence electrons. The number of nitrogens with one attached hydrogen (secondary N) is 1. The lowest BCUT2D eigenvalue weighted by molar-refractivity contribution is -0.119. The molecule has 0 aromatic carbocycles. The number of nitrogens with zero attached hydrogens (tertiary/aromatic N) is 3. The molecule has 0 aromatic heterocycles. The van der Waals surface area contributed by atoms with E-state index in [1.807, 2.05) is 17.2 Å². The minimum atomic E-state index is 0.523. The second-order valence-corrected chi connectivity index (χ2v) is 2.45. The summed E-state index contributed by atoms with van der Waals surface area (Å²) in [5.74, 6) is 0.812. The number of aliphatic imine (C=N–C) groups is 1. The van der Waals surface area contributed by atoms with Gasteiger partial charge in [0.05, 0.1) is 6.20 Å². The number of hydrogen-bond acceptors (Lipinski definition) is 4. The summed E-state index contributed by atoms with van der Waals surface area (Å²) in [7, 11) is 0. The van der Waals surface area contributed by atoms with Gasteiger partial charge < -0.3 is 4.90 Å². The molecule has 0 spiro atoms. The maximum absolute atomic E-state index is 10.4. The van der Waals surface area contributed by atoms with Gasteiger partial charge >= 0.3 is 0 Å². The Morgan fingerprint density at radius 1 is 1.67 bits per heavy atom. The summed E-state index contributed by atoms with van der Waals surface area (Å²) in [4.78, 5) is 16.2. The standard InChI is InChI=1S/C7H8N4O/c12-6-11-5-10-3-1-2-8-4-7(10)9-11/h1-4,6,9H,5H2. The summed E-state index contributed by atoms with van der Waals surface area (Å²) >= 11 is 0. The molecule has 1 N–H and O–H groups in total. The van der Waals surface area contributed by atoms with E-state index in [2.05, 4.69) is 10.4 Å². The Kier molecular flexibility index (Phi) is 1.55. The van der Waals surface area contributed by atoms with E-state index in [0.29, 0.717) is 6.67 Å². The van der Waals surface area contributed by atoms with Crippen molar-refractivity contribution in [1.82, 2.24) is 15.3 Å². The number of amides is 1. The van der Waals surface area contributed by atoms with E-state index in [1.165, 1.54) is 5.01 Å². The third-order valence-electron chi connectivity index (χ3n) is 1.63. The van der Waals surface area contributed by atoms with E-state index in [1.54, 1.807) is 12.4 Å². The van der Waals surface area contributed by atoms with Gasteiger partial charge in [0.2, 0.25) is 6.41 Å². The highest BCUT2D eigenvalue weighted by molar-refractivity contribution is 5.72. The van der Waals surface area contributed by atoms with Crippen LogP contribution in [0.15, 0.2) is 29.3 Å². The van der Waals surface area contributed by atoms with Crippen LogP contribution < -0.4 is 5.43 Å². The van der Waals surface area contributed by atoms with E-state index >= 15 is 0 Å². The van der Waals surface area contributed by atoms with Crippen LogP contribution in [0, 0.1) is 0 Å². The second kappa shape index (κ2) is 2.69. The van der Waals surface area contributed by atoms with Crippen LogP contribution in [0.3, 0.4) is 0 Å². The van der Waals surface area contributed by atoms with Gasteiger partial charge in [0.1, 0.15) is 12.5 Å². The fraction of sp³-hybridized carbons (Fsp3) is 0.143. The lowest BCUT2D eigenvalue weighted by atomic mass is 10.6. The SMILES string of the molecule is O=CN1CN2C=CC=NC=C2N1. The Balaban J connectivity index is 2.22. The molecule has 5 nitrogen and oxygen atoms in total. The summed E-state index contributed by atoms with van der Waals surface area (Å²) in [6.45, 7) is 0.523. The number of hydrazine groups is 1. The Labute approximate surface area is 69.6 Å². The van der Waals surface area contributed by atoms with Gasteiger partial charge in [0.25, 0.3) is 0 Å². The normalized spacial score (nSPS) is 19.8. The highest BCUT2D eigenvalue weighted by Gasteiger charge is 2.20. The molecule has 1 saturated heterocycles. The van der Waals surface area contributed by atoms with Gasteiger partial charge in [-0.25, -0.2) is 5.01 Å².